The lowest BCUT2D eigenvalue weighted by Crippen LogP contribution is -2.35. The summed E-state index contributed by atoms with van der Waals surface area (Å²) in [5, 5.41) is 8.79. The zero-order chi connectivity index (χ0) is 9.90. The van der Waals surface area contributed by atoms with Gasteiger partial charge in [-0.2, -0.15) is 0 Å². The second-order valence-corrected chi connectivity index (χ2v) is 5.18. The van der Waals surface area contributed by atoms with Gasteiger partial charge >= 0.3 is 0 Å². The van der Waals surface area contributed by atoms with Crippen LogP contribution in [0, 0.1) is 11.3 Å². The average molecular weight is 185 g/mol. The molecule has 1 aliphatic carbocycles. The Morgan fingerprint density at radius 2 is 1.92 bits per heavy atom. The van der Waals surface area contributed by atoms with Crippen LogP contribution in [0.25, 0.3) is 0 Å². The van der Waals surface area contributed by atoms with Gasteiger partial charge in [0.05, 0.1) is 0 Å². The molecule has 1 unspecified atom stereocenters. The number of nitrogens with two attached hydrogens (primary N) is 1. The topological polar surface area (TPSA) is 46.2 Å². The molecule has 0 aromatic rings. The summed E-state index contributed by atoms with van der Waals surface area (Å²) in [5.74, 6) is 0.653. The van der Waals surface area contributed by atoms with Gasteiger partial charge in [0.2, 0.25) is 0 Å². The maximum absolute atomic E-state index is 8.79. The first-order valence-electron chi connectivity index (χ1n) is 5.41. The first-order chi connectivity index (χ1) is 6.05. The van der Waals surface area contributed by atoms with Gasteiger partial charge in [-0.3, -0.25) is 0 Å². The van der Waals surface area contributed by atoms with Crippen LogP contribution in [0.3, 0.4) is 0 Å². The number of hydrogen-bond donors (Lipinski definition) is 2. The molecule has 0 spiro atoms. The first kappa shape index (κ1) is 11.0. The van der Waals surface area contributed by atoms with Gasteiger partial charge in [0, 0.05) is 12.6 Å². The Kier molecular flexibility index (Phi) is 3.74. The molecule has 3 N–H and O–H groups in total. The fourth-order valence-electron chi connectivity index (χ4n) is 2.23. The predicted octanol–water partition coefficient (Wildman–Crippen LogP) is 1.91. The summed E-state index contributed by atoms with van der Waals surface area (Å²) >= 11 is 0. The lowest BCUT2D eigenvalue weighted by atomic mass is 9.71. The summed E-state index contributed by atoms with van der Waals surface area (Å²) in [6.45, 7) is 4.91. The minimum absolute atomic E-state index is 0.223. The third kappa shape index (κ3) is 3.28. The fourth-order valence-corrected chi connectivity index (χ4v) is 2.23. The van der Waals surface area contributed by atoms with Crippen LogP contribution in [0.2, 0.25) is 0 Å². The molecular weight excluding hydrogens is 162 g/mol. The van der Waals surface area contributed by atoms with Crippen LogP contribution in [0.5, 0.6) is 0 Å². The van der Waals surface area contributed by atoms with Crippen LogP contribution in [0.15, 0.2) is 0 Å². The van der Waals surface area contributed by atoms with Gasteiger partial charge in [0.25, 0.3) is 0 Å². The third-order valence-electron chi connectivity index (χ3n) is 3.45. The van der Waals surface area contributed by atoms with Crippen LogP contribution in [0.4, 0.5) is 0 Å². The summed E-state index contributed by atoms with van der Waals surface area (Å²) in [5.41, 5.74) is 6.51. The zero-order valence-electron chi connectivity index (χ0n) is 8.92. The average Bonchev–Trinajstić information content (AvgIpc) is 2.04. The SMILES string of the molecule is CC1(C)CCC(C(N)CCO)CC1. The predicted molar refractivity (Wildman–Crippen MR) is 55.4 cm³/mol. The van der Waals surface area contributed by atoms with Crippen LogP contribution in [-0.2, 0) is 0 Å². The van der Waals surface area contributed by atoms with Gasteiger partial charge < -0.3 is 10.8 Å². The number of aliphatic hydroxyl groups is 1. The molecule has 13 heavy (non-hydrogen) atoms. The van der Waals surface area contributed by atoms with Crippen molar-refractivity contribution in [3.05, 3.63) is 0 Å². The Bertz CT molecular complexity index is 146. The summed E-state index contributed by atoms with van der Waals surface area (Å²) < 4.78 is 0. The van der Waals surface area contributed by atoms with Crippen LogP contribution < -0.4 is 5.73 Å². The monoisotopic (exact) mass is 185 g/mol. The van der Waals surface area contributed by atoms with Crippen molar-refractivity contribution in [2.24, 2.45) is 17.1 Å². The summed E-state index contributed by atoms with van der Waals surface area (Å²) in [7, 11) is 0. The number of rotatable bonds is 3. The molecule has 1 saturated carbocycles. The summed E-state index contributed by atoms with van der Waals surface area (Å²) in [6, 6.07) is 0.223. The van der Waals surface area contributed by atoms with E-state index < -0.39 is 0 Å². The molecule has 1 aliphatic rings. The maximum atomic E-state index is 8.79. The Hall–Kier alpha value is -0.0800. The number of hydrogen-bond acceptors (Lipinski definition) is 2. The Labute approximate surface area is 81.5 Å². The molecule has 2 nitrogen and oxygen atoms in total. The molecule has 0 aromatic heterocycles. The maximum Gasteiger partial charge on any atom is 0.0445 e. The Morgan fingerprint density at radius 3 is 2.38 bits per heavy atom. The summed E-state index contributed by atoms with van der Waals surface area (Å²) in [4.78, 5) is 0. The van der Waals surface area contributed by atoms with Gasteiger partial charge in [0.15, 0.2) is 0 Å². The highest BCUT2D eigenvalue weighted by Gasteiger charge is 2.29. The van der Waals surface area contributed by atoms with Gasteiger partial charge in [-0.1, -0.05) is 13.8 Å². The van der Waals surface area contributed by atoms with E-state index in [2.05, 4.69) is 13.8 Å². The summed E-state index contributed by atoms with van der Waals surface area (Å²) in [6.07, 6.45) is 5.83. The molecule has 0 saturated heterocycles. The molecule has 1 fully saturated rings. The lowest BCUT2D eigenvalue weighted by molar-refractivity contribution is 0.159. The number of aliphatic hydroxyl groups excluding tert-OH is 1. The zero-order valence-corrected chi connectivity index (χ0v) is 8.92. The van der Waals surface area contributed by atoms with E-state index in [1.165, 1.54) is 25.7 Å². The van der Waals surface area contributed by atoms with Crippen molar-refractivity contribution in [1.82, 2.24) is 0 Å². The molecule has 0 aliphatic heterocycles. The standard InChI is InChI=1S/C11H23NO/c1-11(2)6-3-9(4-7-11)10(12)5-8-13/h9-10,13H,3-8,12H2,1-2H3. The Morgan fingerprint density at radius 1 is 1.38 bits per heavy atom. The second-order valence-electron chi connectivity index (χ2n) is 5.18. The van der Waals surface area contributed by atoms with Gasteiger partial charge in [0.1, 0.15) is 0 Å². The molecule has 0 bridgehead atoms. The van der Waals surface area contributed by atoms with Crippen molar-refractivity contribution in [2.75, 3.05) is 6.61 Å². The molecule has 0 amide bonds. The highest BCUT2D eigenvalue weighted by Crippen LogP contribution is 2.39. The first-order valence-corrected chi connectivity index (χ1v) is 5.41. The molecule has 1 rings (SSSR count). The van der Waals surface area contributed by atoms with E-state index in [4.69, 9.17) is 10.8 Å². The van der Waals surface area contributed by atoms with Crippen molar-refractivity contribution in [2.45, 2.75) is 52.0 Å². The molecule has 1 atom stereocenters. The fraction of sp³-hybridized carbons (Fsp3) is 1.00. The van der Waals surface area contributed by atoms with Crippen molar-refractivity contribution >= 4 is 0 Å². The molecule has 0 aromatic carbocycles. The van der Waals surface area contributed by atoms with Gasteiger partial charge in [-0.05, 0) is 43.4 Å². The lowest BCUT2D eigenvalue weighted by Gasteiger charge is -2.36. The highest BCUT2D eigenvalue weighted by molar-refractivity contribution is 4.83. The molecule has 0 heterocycles. The van der Waals surface area contributed by atoms with E-state index in [0.29, 0.717) is 11.3 Å². The Balaban J connectivity index is 2.32. The van der Waals surface area contributed by atoms with Crippen molar-refractivity contribution < 1.29 is 5.11 Å². The van der Waals surface area contributed by atoms with Crippen molar-refractivity contribution in [3.8, 4) is 0 Å². The minimum atomic E-state index is 0.223. The van der Waals surface area contributed by atoms with Crippen LogP contribution in [-0.4, -0.2) is 17.8 Å². The molecule has 2 heteroatoms. The molecule has 78 valence electrons. The van der Waals surface area contributed by atoms with Crippen molar-refractivity contribution in [1.29, 1.82) is 0 Å². The molecule has 0 radical (unpaired) electrons. The largest absolute Gasteiger partial charge is 0.396 e. The van der Waals surface area contributed by atoms with Crippen LogP contribution >= 0.6 is 0 Å². The normalized spacial score (nSPS) is 25.8. The van der Waals surface area contributed by atoms with E-state index >= 15 is 0 Å². The van der Waals surface area contributed by atoms with Gasteiger partial charge in [-0.15, -0.1) is 0 Å². The van der Waals surface area contributed by atoms with E-state index in [0.717, 1.165) is 6.42 Å². The molecular formula is C11H23NO. The van der Waals surface area contributed by atoms with E-state index in [1.54, 1.807) is 0 Å². The smallest absolute Gasteiger partial charge is 0.0445 e. The quantitative estimate of drug-likeness (QED) is 0.705. The highest BCUT2D eigenvalue weighted by atomic mass is 16.3. The van der Waals surface area contributed by atoms with E-state index in [1.807, 2.05) is 0 Å². The van der Waals surface area contributed by atoms with E-state index in [9.17, 15) is 0 Å². The van der Waals surface area contributed by atoms with Crippen molar-refractivity contribution in [3.63, 3.8) is 0 Å². The van der Waals surface area contributed by atoms with Gasteiger partial charge in [-0.25, -0.2) is 0 Å². The second kappa shape index (κ2) is 4.43. The van der Waals surface area contributed by atoms with E-state index in [-0.39, 0.29) is 12.6 Å². The van der Waals surface area contributed by atoms with Crippen LogP contribution in [0.1, 0.15) is 46.0 Å². The minimum Gasteiger partial charge on any atom is -0.396 e. The third-order valence-corrected chi connectivity index (χ3v) is 3.45.